The van der Waals surface area contributed by atoms with Gasteiger partial charge in [-0.1, -0.05) is 35.9 Å². The maximum absolute atomic E-state index is 13.2. The minimum atomic E-state index is -3.93. The second-order valence-corrected chi connectivity index (χ2v) is 9.28. The molecule has 7 heteroatoms. The van der Waals surface area contributed by atoms with Gasteiger partial charge in [-0.3, -0.25) is 9.10 Å². The number of hydrogen-bond donors (Lipinski definition) is 1. The van der Waals surface area contributed by atoms with E-state index < -0.39 is 21.5 Å². The number of anilines is 1. The van der Waals surface area contributed by atoms with Crippen LogP contribution in [0.25, 0.3) is 0 Å². The van der Waals surface area contributed by atoms with E-state index in [0.717, 1.165) is 4.31 Å². The molecule has 1 N–H and O–H groups in total. The Morgan fingerprint density at radius 3 is 2.27 bits per heavy atom. The Kier molecular flexibility index (Phi) is 5.98. The normalized spacial score (nSPS) is 11.9. The Morgan fingerprint density at radius 1 is 1.08 bits per heavy atom. The van der Waals surface area contributed by atoms with E-state index in [4.69, 9.17) is 11.6 Å². The number of nitrogens with zero attached hydrogens (tertiary/aromatic N) is 1. The fraction of sp³-hybridized carbons (Fsp3) is 0.316. The summed E-state index contributed by atoms with van der Waals surface area (Å²) in [6.45, 7) is 6.91. The van der Waals surface area contributed by atoms with Crippen molar-refractivity contribution in [3.05, 3.63) is 59.1 Å². The summed E-state index contributed by atoms with van der Waals surface area (Å²) < 4.78 is 27.5. The van der Waals surface area contributed by atoms with E-state index in [0.29, 0.717) is 16.3 Å². The summed E-state index contributed by atoms with van der Waals surface area (Å²) in [7, 11) is -3.93. The molecule has 0 aromatic heterocycles. The van der Waals surface area contributed by atoms with Gasteiger partial charge in [0.2, 0.25) is 5.91 Å². The van der Waals surface area contributed by atoms with Gasteiger partial charge in [0, 0.05) is 10.6 Å². The summed E-state index contributed by atoms with van der Waals surface area (Å²) in [6, 6.07) is 13.0. The van der Waals surface area contributed by atoms with Crippen molar-refractivity contribution in [2.45, 2.75) is 38.1 Å². The molecule has 0 unspecified atom stereocenters. The van der Waals surface area contributed by atoms with Gasteiger partial charge < -0.3 is 5.32 Å². The van der Waals surface area contributed by atoms with Crippen LogP contribution >= 0.6 is 11.6 Å². The van der Waals surface area contributed by atoms with E-state index in [-0.39, 0.29) is 11.4 Å². The van der Waals surface area contributed by atoms with Crippen LogP contribution in [0.3, 0.4) is 0 Å². The molecular formula is C19H23ClN2O3S. The first-order valence-corrected chi connectivity index (χ1v) is 9.98. The van der Waals surface area contributed by atoms with Crippen LogP contribution < -0.4 is 9.62 Å². The largest absolute Gasteiger partial charge is 0.350 e. The summed E-state index contributed by atoms with van der Waals surface area (Å²) in [5.41, 5.74) is 0.505. The van der Waals surface area contributed by atoms with E-state index >= 15 is 0 Å². The molecule has 1 amide bonds. The van der Waals surface area contributed by atoms with Crippen LogP contribution in [0, 0.1) is 6.92 Å². The highest BCUT2D eigenvalue weighted by atomic mass is 35.5. The zero-order valence-electron chi connectivity index (χ0n) is 15.3. The van der Waals surface area contributed by atoms with Gasteiger partial charge in [-0.25, -0.2) is 8.42 Å². The van der Waals surface area contributed by atoms with Crippen molar-refractivity contribution in [1.82, 2.24) is 5.32 Å². The Morgan fingerprint density at radius 2 is 1.69 bits per heavy atom. The fourth-order valence-electron chi connectivity index (χ4n) is 2.47. The second-order valence-electron chi connectivity index (χ2n) is 7.01. The SMILES string of the molecule is Cc1c(Cl)cccc1N(CC(=O)NC(C)(C)C)S(=O)(=O)c1ccccc1. The maximum atomic E-state index is 13.2. The predicted molar refractivity (Wildman–Crippen MR) is 105 cm³/mol. The lowest BCUT2D eigenvalue weighted by Gasteiger charge is -2.28. The number of halogens is 1. The molecule has 0 atom stereocenters. The monoisotopic (exact) mass is 394 g/mol. The van der Waals surface area contributed by atoms with Gasteiger partial charge in [0.15, 0.2) is 0 Å². The molecule has 0 spiro atoms. The van der Waals surface area contributed by atoms with Crippen LogP contribution in [0.2, 0.25) is 5.02 Å². The Bertz CT molecular complexity index is 891. The van der Waals surface area contributed by atoms with Crippen molar-refractivity contribution in [3.8, 4) is 0 Å². The number of hydrogen-bond acceptors (Lipinski definition) is 3. The quantitative estimate of drug-likeness (QED) is 0.839. The van der Waals surface area contributed by atoms with Crippen molar-refractivity contribution in [1.29, 1.82) is 0 Å². The molecule has 0 radical (unpaired) electrons. The van der Waals surface area contributed by atoms with E-state index in [1.165, 1.54) is 12.1 Å². The van der Waals surface area contributed by atoms with Crippen LogP contribution in [0.4, 0.5) is 5.69 Å². The third kappa shape index (κ3) is 4.77. The summed E-state index contributed by atoms with van der Waals surface area (Å²) in [5, 5.41) is 3.24. The van der Waals surface area contributed by atoms with E-state index in [1.54, 1.807) is 43.3 Å². The smallest absolute Gasteiger partial charge is 0.264 e. The zero-order chi connectivity index (χ0) is 19.5. The molecular weight excluding hydrogens is 372 g/mol. The predicted octanol–water partition coefficient (Wildman–Crippen LogP) is 3.76. The molecule has 0 saturated carbocycles. The van der Waals surface area contributed by atoms with E-state index in [1.807, 2.05) is 20.8 Å². The van der Waals surface area contributed by atoms with Crippen LogP contribution in [0.15, 0.2) is 53.4 Å². The molecule has 0 fully saturated rings. The number of amides is 1. The number of rotatable bonds is 5. The molecule has 0 aliphatic carbocycles. The number of carbonyl (C=O) groups excluding carboxylic acids is 1. The topological polar surface area (TPSA) is 66.5 Å². The minimum absolute atomic E-state index is 0.114. The lowest BCUT2D eigenvalue weighted by molar-refractivity contribution is -0.121. The van der Waals surface area contributed by atoms with E-state index in [9.17, 15) is 13.2 Å². The first-order chi connectivity index (χ1) is 12.0. The van der Waals surface area contributed by atoms with Crippen molar-refractivity contribution >= 4 is 33.2 Å². The van der Waals surface area contributed by atoms with Gasteiger partial charge in [-0.2, -0.15) is 0 Å². The van der Waals surface area contributed by atoms with Crippen molar-refractivity contribution < 1.29 is 13.2 Å². The molecule has 2 aromatic rings. The standard InChI is InChI=1S/C19H23ClN2O3S/c1-14-16(20)11-8-12-17(14)22(13-18(23)21-19(2,3)4)26(24,25)15-9-6-5-7-10-15/h5-12H,13H2,1-4H3,(H,21,23). The minimum Gasteiger partial charge on any atom is -0.350 e. The highest BCUT2D eigenvalue weighted by Crippen LogP contribution is 2.30. The maximum Gasteiger partial charge on any atom is 0.264 e. The van der Waals surface area contributed by atoms with E-state index in [2.05, 4.69) is 5.32 Å². The summed E-state index contributed by atoms with van der Waals surface area (Å²) in [5.74, 6) is -0.392. The molecule has 26 heavy (non-hydrogen) atoms. The fourth-order valence-corrected chi connectivity index (χ4v) is 4.14. The summed E-state index contributed by atoms with van der Waals surface area (Å²) in [6.07, 6.45) is 0. The number of carbonyl (C=O) groups is 1. The highest BCUT2D eigenvalue weighted by Gasteiger charge is 2.29. The average Bonchev–Trinajstić information content (AvgIpc) is 2.54. The number of sulfonamides is 1. The Hall–Kier alpha value is -2.05. The first kappa shape index (κ1) is 20.3. The van der Waals surface area contributed by atoms with Gasteiger partial charge in [0.25, 0.3) is 10.0 Å². The van der Waals surface area contributed by atoms with Crippen molar-refractivity contribution in [3.63, 3.8) is 0 Å². The Balaban J connectivity index is 2.52. The molecule has 0 aliphatic rings. The lowest BCUT2D eigenvalue weighted by Crippen LogP contribution is -2.47. The molecule has 2 aromatic carbocycles. The van der Waals surface area contributed by atoms with Gasteiger partial charge in [-0.15, -0.1) is 0 Å². The van der Waals surface area contributed by atoms with Gasteiger partial charge in [-0.05, 0) is 57.5 Å². The van der Waals surface area contributed by atoms with Gasteiger partial charge >= 0.3 is 0 Å². The number of nitrogens with one attached hydrogen (secondary N) is 1. The van der Waals surface area contributed by atoms with Crippen LogP contribution in [-0.2, 0) is 14.8 Å². The van der Waals surface area contributed by atoms with Crippen molar-refractivity contribution in [2.24, 2.45) is 0 Å². The van der Waals surface area contributed by atoms with Crippen LogP contribution in [-0.4, -0.2) is 26.4 Å². The van der Waals surface area contributed by atoms with Crippen LogP contribution in [0.5, 0.6) is 0 Å². The Labute approximate surface area is 160 Å². The molecule has 5 nitrogen and oxygen atoms in total. The molecule has 2 rings (SSSR count). The molecule has 0 heterocycles. The first-order valence-electron chi connectivity index (χ1n) is 8.16. The molecule has 0 aliphatic heterocycles. The second kappa shape index (κ2) is 7.68. The zero-order valence-corrected chi connectivity index (χ0v) is 16.9. The van der Waals surface area contributed by atoms with Gasteiger partial charge in [0.1, 0.15) is 6.54 Å². The average molecular weight is 395 g/mol. The van der Waals surface area contributed by atoms with Crippen LogP contribution in [0.1, 0.15) is 26.3 Å². The lowest BCUT2D eigenvalue weighted by atomic mass is 10.1. The highest BCUT2D eigenvalue weighted by molar-refractivity contribution is 7.92. The summed E-state index contributed by atoms with van der Waals surface area (Å²) in [4.78, 5) is 12.6. The van der Waals surface area contributed by atoms with Gasteiger partial charge in [0.05, 0.1) is 10.6 Å². The third-order valence-electron chi connectivity index (χ3n) is 3.64. The number of benzene rings is 2. The third-order valence-corrected chi connectivity index (χ3v) is 5.82. The van der Waals surface area contributed by atoms with Crippen molar-refractivity contribution in [2.75, 3.05) is 10.8 Å². The molecule has 0 bridgehead atoms. The molecule has 0 saturated heterocycles. The summed E-state index contributed by atoms with van der Waals surface area (Å²) >= 11 is 6.17. The molecule has 140 valence electrons.